The van der Waals surface area contributed by atoms with Crippen molar-refractivity contribution in [2.75, 3.05) is 6.54 Å². The summed E-state index contributed by atoms with van der Waals surface area (Å²) in [5.74, 6) is 0. The smallest absolute Gasteiger partial charge is 0.0958 e. The Labute approximate surface area is 114 Å². The molecular weight excluding hydrogens is 234 g/mol. The monoisotopic (exact) mass is 255 g/mol. The molecule has 1 unspecified atom stereocenters. The van der Waals surface area contributed by atoms with Gasteiger partial charge in [0.05, 0.1) is 11.4 Å². The van der Waals surface area contributed by atoms with Gasteiger partial charge in [0.2, 0.25) is 0 Å². The van der Waals surface area contributed by atoms with Crippen LogP contribution in [0.15, 0.2) is 24.3 Å². The van der Waals surface area contributed by atoms with E-state index in [0.29, 0.717) is 6.04 Å². The van der Waals surface area contributed by atoms with Gasteiger partial charge in [0.25, 0.3) is 0 Å². The molecule has 0 bridgehead atoms. The number of hydrogen-bond acceptors (Lipinski definition) is 2. The van der Waals surface area contributed by atoms with Crippen LogP contribution in [0.1, 0.15) is 35.7 Å². The van der Waals surface area contributed by atoms with Crippen molar-refractivity contribution >= 4 is 0 Å². The highest BCUT2D eigenvalue weighted by molar-refractivity contribution is 5.67. The number of nitrogens with zero attached hydrogens (tertiary/aromatic N) is 2. The summed E-state index contributed by atoms with van der Waals surface area (Å²) in [5, 5.41) is 8.34. The van der Waals surface area contributed by atoms with E-state index >= 15 is 0 Å². The summed E-state index contributed by atoms with van der Waals surface area (Å²) in [6, 6.07) is 8.95. The first-order valence-corrected chi connectivity index (χ1v) is 7.01. The first-order valence-electron chi connectivity index (χ1n) is 7.01. The summed E-state index contributed by atoms with van der Waals surface area (Å²) in [5.41, 5.74) is 6.32. The fraction of sp³-hybridized carbons (Fsp3) is 0.438. The molecule has 0 aliphatic carbocycles. The molecule has 1 fully saturated rings. The van der Waals surface area contributed by atoms with Gasteiger partial charge in [-0.2, -0.15) is 5.10 Å². The molecule has 0 amide bonds. The van der Waals surface area contributed by atoms with E-state index in [1.54, 1.807) is 0 Å². The number of aromatic nitrogens is 2. The molecule has 1 aromatic heterocycles. The lowest BCUT2D eigenvalue weighted by molar-refractivity contribution is 0.571. The third-order valence-electron chi connectivity index (χ3n) is 4.13. The zero-order valence-corrected chi connectivity index (χ0v) is 11.9. The van der Waals surface area contributed by atoms with Gasteiger partial charge in [-0.05, 0) is 44.4 Å². The Morgan fingerprint density at radius 1 is 1.26 bits per heavy atom. The lowest BCUT2D eigenvalue weighted by Crippen LogP contribution is -2.17. The van der Waals surface area contributed by atoms with Crippen LogP contribution in [0.25, 0.3) is 11.3 Å². The standard InChI is InChI=1S/C16H21N3/c1-11-7-4-5-8-13(11)15-12(2)16(19(3)18-15)14-9-6-10-17-14/h4-5,7-8,14,17H,6,9-10H2,1-3H3. The van der Waals surface area contributed by atoms with Gasteiger partial charge in [0, 0.05) is 18.7 Å². The minimum atomic E-state index is 0.468. The molecule has 0 saturated carbocycles. The Balaban J connectivity index is 2.09. The van der Waals surface area contributed by atoms with E-state index in [1.165, 1.54) is 35.2 Å². The van der Waals surface area contributed by atoms with E-state index in [0.717, 1.165) is 12.2 Å². The summed E-state index contributed by atoms with van der Waals surface area (Å²) in [6.07, 6.45) is 2.47. The van der Waals surface area contributed by atoms with Crippen LogP contribution in [-0.2, 0) is 7.05 Å². The first-order chi connectivity index (χ1) is 9.18. The maximum atomic E-state index is 4.76. The van der Waals surface area contributed by atoms with Crippen LogP contribution in [0.5, 0.6) is 0 Å². The minimum absolute atomic E-state index is 0.468. The Morgan fingerprint density at radius 3 is 2.74 bits per heavy atom. The van der Waals surface area contributed by atoms with Crippen molar-refractivity contribution in [3.63, 3.8) is 0 Å². The fourth-order valence-corrected chi connectivity index (χ4v) is 3.14. The Hall–Kier alpha value is -1.61. The van der Waals surface area contributed by atoms with Crippen LogP contribution in [0.3, 0.4) is 0 Å². The molecule has 0 radical (unpaired) electrons. The highest BCUT2D eigenvalue weighted by atomic mass is 15.3. The molecule has 2 aromatic rings. The van der Waals surface area contributed by atoms with Gasteiger partial charge in [-0.3, -0.25) is 4.68 Å². The van der Waals surface area contributed by atoms with E-state index in [1.807, 2.05) is 0 Å². The van der Waals surface area contributed by atoms with E-state index in [2.05, 4.69) is 55.2 Å². The molecule has 1 aliphatic heterocycles. The normalized spacial score (nSPS) is 19.0. The number of rotatable bonds is 2. The maximum Gasteiger partial charge on any atom is 0.0958 e. The topological polar surface area (TPSA) is 29.9 Å². The van der Waals surface area contributed by atoms with Crippen molar-refractivity contribution in [3.8, 4) is 11.3 Å². The molecule has 2 heterocycles. The SMILES string of the molecule is Cc1ccccc1-c1nn(C)c(C2CCCN2)c1C. The molecule has 19 heavy (non-hydrogen) atoms. The van der Waals surface area contributed by atoms with Crippen LogP contribution in [0.4, 0.5) is 0 Å². The molecule has 1 aliphatic rings. The quantitative estimate of drug-likeness (QED) is 0.893. The van der Waals surface area contributed by atoms with Crippen LogP contribution < -0.4 is 5.32 Å². The summed E-state index contributed by atoms with van der Waals surface area (Å²) in [4.78, 5) is 0. The van der Waals surface area contributed by atoms with Crippen LogP contribution in [-0.4, -0.2) is 16.3 Å². The van der Waals surface area contributed by atoms with Gasteiger partial charge >= 0.3 is 0 Å². The van der Waals surface area contributed by atoms with Gasteiger partial charge in [0.15, 0.2) is 0 Å². The number of benzene rings is 1. The second-order valence-corrected chi connectivity index (χ2v) is 5.45. The zero-order chi connectivity index (χ0) is 13.4. The van der Waals surface area contributed by atoms with E-state index < -0.39 is 0 Å². The van der Waals surface area contributed by atoms with Gasteiger partial charge < -0.3 is 5.32 Å². The number of hydrogen-bond donors (Lipinski definition) is 1. The van der Waals surface area contributed by atoms with Crippen molar-refractivity contribution in [2.24, 2.45) is 7.05 Å². The number of nitrogens with one attached hydrogen (secondary N) is 1. The average Bonchev–Trinajstić information content (AvgIpc) is 2.99. The van der Waals surface area contributed by atoms with Gasteiger partial charge in [-0.1, -0.05) is 24.3 Å². The van der Waals surface area contributed by atoms with E-state index in [-0.39, 0.29) is 0 Å². The van der Waals surface area contributed by atoms with Crippen LogP contribution in [0.2, 0.25) is 0 Å². The predicted molar refractivity (Wildman–Crippen MR) is 78.1 cm³/mol. The summed E-state index contributed by atoms with van der Waals surface area (Å²) in [7, 11) is 2.06. The lowest BCUT2D eigenvalue weighted by atomic mass is 10.00. The molecule has 1 saturated heterocycles. The molecular formula is C16H21N3. The Kier molecular flexibility index (Phi) is 3.15. The first kappa shape index (κ1) is 12.4. The molecule has 1 aromatic carbocycles. The third kappa shape index (κ3) is 2.08. The highest BCUT2D eigenvalue weighted by Gasteiger charge is 2.24. The van der Waals surface area contributed by atoms with Gasteiger partial charge in [-0.15, -0.1) is 0 Å². The summed E-state index contributed by atoms with van der Waals surface area (Å²) < 4.78 is 2.06. The molecule has 3 heteroatoms. The lowest BCUT2D eigenvalue weighted by Gasteiger charge is -2.12. The van der Waals surface area contributed by atoms with Crippen molar-refractivity contribution in [3.05, 3.63) is 41.1 Å². The maximum absolute atomic E-state index is 4.76. The largest absolute Gasteiger partial charge is 0.309 e. The van der Waals surface area contributed by atoms with E-state index in [9.17, 15) is 0 Å². The molecule has 1 N–H and O–H groups in total. The number of aryl methyl sites for hydroxylation is 2. The molecule has 3 rings (SSSR count). The highest BCUT2D eigenvalue weighted by Crippen LogP contribution is 2.32. The van der Waals surface area contributed by atoms with Crippen molar-refractivity contribution < 1.29 is 0 Å². The van der Waals surface area contributed by atoms with Crippen LogP contribution >= 0.6 is 0 Å². The van der Waals surface area contributed by atoms with Crippen molar-refractivity contribution in [1.82, 2.24) is 15.1 Å². The second-order valence-electron chi connectivity index (χ2n) is 5.45. The summed E-state index contributed by atoms with van der Waals surface area (Å²) in [6.45, 7) is 5.47. The molecule has 3 nitrogen and oxygen atoms in total. The van der Waals surface area contributed by atoms with Crippen molar-refractivity contribution in [2.45, 2.75) is 32.7 Å². The second kappa shape index (κ2) is 4.82. The fourth-order valence-electron chi connectivity index (χ4n) is 3.14. The van der Waals surface area contributed by atoms with Gasteiger partial charge in [-0.25, -0.2) is 0 Å². The molecule has 100 valence electrons. The summed E-state index contributed by atoms with van der Waals surface area (Å²) >= 11 is 0. The van der Waals surface area contributed by atoms with Crippen molar-refractivity contribution in [1.29, 1.82) is 0 Å². The molecule has 0 spiro atoms. The van der Waals surface area contributed by atoms with E-state index in [4.69, 9.17) is 5.10 Å². The Morgan fingerprint density at radius 2 is 2.05 bits per heavy atom. The third-order valence-corrected chi connectivity index (χ3v) is 4.13. The van der Waals surface area contributed by atoms with Crippen LogP contribution in [0, 0.1) is 13.8 Å². The average molecular weight is 255 g/mol. The Bertz CT molecular complexity index is 592. The van der Waals surface area contributed by atoms with Gasteiger partial charge in [0.1, 0.15) is 0 Å². The molecule has 1 atom stereocenters. The zero-order valence-electron chi connectivity index (χ0n) is 11.9. The predicted octanol–water partition coefficient (Wildman–Crippen LogP) is 3.13. The minimum Gasteiger partial charge on any atom is -0.309 e.